The van der Waals surface area contributed by atoms with Crippen molar-refractivity contribution in [1.29, 1.82) is 0 Å². The standard InChI is InChI=1S/C20H28O6/c1-6-10(2)17(22)26-15-14-11(3)18(23)25-12(14)9-19(4)13(21)7-8-20(5,24)16(15)19/h6,12-16,21,24H,3,7-9H2,1-2,4-5H3/b10-6+/t12-,13-,14+,15+,16-,19-,20-/m0/s1. The zero-order valence-electron chi connectivity index (χ0n) is 15.8. The Kier molecular flexibility index (Phi) is 4.56. The fraction of sp³-hybridized carbons (Fsp3) is 0.700. The van der Waals surface area contributed by atoms with Crippen molar-refractivity contribution >= 4 is 11.9 Å². The molecule has 1 saturated heterocycles. The third kappa shape index (κ3) is 2.70. The second-order valence-electron chi connectivity index (χ2n) is 8.44. The topological polar surface area (TPSA) is 93.1 Å². The lowest BCUT2D eigenvalue weighted by Crippen LogP contribution is -2.65. The molecule has 0 amide bonds. The predicted molar refractivity (Wildman–Crippen MR) is 93.9 cm³/mol. The number of aliphatic hydroxyl groups excluding tert-OH is 1. The van der Waals surface area contributed by atoms with Crippen LogP contribution < -0.4 is 0 Å². The molecule has 0 radical (unpaired) electrons. The van der Waals surface area contributed by atoms with E-state index >= 15 is 0 Å². The number of aliphatic hydroxyl groups is 2. The molecule has 2 N–H and O–H groups in total. The quantitative estimate of drug-likeness (QED) is 0.574. The number of carbonyl (C=O) groups excluding carboxylic acids is 2. The molecular formula is C20H28O6. The minimum atomic E-state index is -1.14. The maximum absolute atomic E-state index is 12.5. The minimum absolute atomic E-state index is 0.267. The molecule has 1 aliphatic heterocycles. The van der Waals surface area contributed by atoms with Crippen molar-refractivity contribution in [2.45, 2.75) is 70.9 Å². The SMILES string of the molecule is C=C1C(=O)O[C@H]2C[C@@]3(C)[C@@H](O)CC[C@](C)(O)[C@H]3[C@H](OC(=O)/C(C)=C/C)[C@H]12. The van der Waals surface area contributed by atoms with Crippen molar-refractivity contribution < 1.29 is 29.3 Å². The van der Waals surface area contributed by atoms with E-state index in [-0.39, 0.29) is 5.57 Å². The second-order valence-corrected chi connectivity index (χ2v) is 8.44. The summed E-state index contributed by atoms with van der Waals surface area (Å²) in [4.78, 5) is 24.6. The lowest BCUT2D eigenvalue weighted by molar-refractivity contribution is -0.234. The highest BCUT2D eigenvalue weighted by Crippen LogP contribution is 2.59. The minimum Gasteiger partial charge on any atom is -0.458 e. The van der Waals surface area contributed by atoms with Crippen molar-refractivity contribution in [3.8, 4) is 0 Å². The van der Waals surface area contributed by atoms with E-state index in [4.69, 9.17) is 9.47 Å². The molecule has 0 aromatic carbocycles. The van der Waals surface area contributed by atoms with E-state index in [2.05, 4.69) is 6.58 Å². The van der Waals surface area contributed by atoms with Crippen molar-refractivity contribution in [2.24, 2.45) is 17.3 Å². The van der Waals surface area contributed by atoms with Crippen molar-refractivity contribution in [2.75, 3.05) is 0 Å². The van der Waals surface area contributed by atoms with Crippen LogP contribution in [0, 0.1) is 17.3 Å². The lowest BCUT2D eigenvalue weighted by Gasteiger charge is -2.59. The summed E-state index contributed by atoms with van der Waals surface area (Å²) in [6, 6.07) is 0. The molecule has 0 aromatic heterocycles. The summed E-state index contributed by atoms with van der Waals surface area (Å²) in [6.07, 6.45) is 0.922. The normalized spacial score (nSPS) is 45.6. The van der Waals surface area contributed by atoms with Gasteiger partial charge in [0.15, 0.2) is 0 Å². The number of fused-ring (bicyclic) bond motifs is 2. The molecule has 6 nitrogen and oxygen atoms in total. The third-order valence-electron chi connectivity index (χ3n) is 6.71. The molecule has 0 bridgehead atoms. The van der Waals surface area contributed by atoms with Crippen LogP contribution in [-0.4, -0.2) is 46.1 Å². The van der Waals surface area contributed by atoms with Crippen LogP contribution in [0.5, 0.6) is 0 Å². The summed E-state index contributed by atoms with van der Waals surface area (Å²) < 4.78 is 11.3. The Hall–Kier alpha value is -1.66. The Morgan fingerprint density at radius 3 is 2.69 bits per heavy atom. The molecule has 6 heteroatoms. The molecule has 0 spiro atoms. The van der Waals surface area contributed by atoms with Gasteiger partial charge in [0.2, 0.25) is 0 Å². The summed E-state index contributed by atoms with van der Waals surface area (Å²) in [7, 11) is 0. The Balaban J connectivity index is 2.08. The first-order valence-corrected chi connectivity index (χ1v) is 9.17. The molecule has 2 aliphatic carbocycles. The molecule has 26 heavy (non-hydrogen) atoms. The first kappa shape index (κ1) is 19.1. The number of hydrogen-bond donors (Lipinski definition) is 2. The first-order valence-electron chi connectivity index (χ1n) is 9.17. The molecule has 3 fully saturated rings. The average Bonchev–Trinajstić information content (AvgIpc) is 2.84. The first-order chi connectivity index (χ1) is 12.0. The maximum Gasteiger partial charge on any atom is 0.334 e. The van der Waals surface area contributed by atoms with Crippen LogP contribution in [0.15, 0.2) is 23.8 Å². The van der Waals surface area contributed by atoms with E-state index in [0.717, 1.165) is 0 Å². The van der Waals surface area contributed by atoms with E-state index in [9.17, 15) is 19.8 Å². The number of hydrogen-bond acceptors (Lipinski definition) is 6. The molecule has 3 aliphatic rings. The molecule has 1 heterocycles. The van der Waals surface area contributed by atoms with Crippen LogP contribution in [0.25, 0.3) is 0 Å². The Labute approximate surface area is 153 Å². The summed E-state index contributed by atoms with van der Waals surface area (Å²) in [5.41, 5.74) is -1.16. The number of allylic oxidation sites excluding steroid dienone is 1. The van der Waals surface area contributed by atoms with Crippen molar-refractivity contribution in [3.63, 3.8) is 0 Å². The lowest BCUT2D eigenvalue weighted by atomic mass is 9.50. The molecule has 3 rings (SSSR count). The van der Waals surface area contributed by atoms with Crippen molar-refractivity contribution in [1.82, 2.24) is 0 Å². The van der Waals surface area contributed by atoms with Crippen LogP contribution in [-0.2, 0) is 19.1 Å². The van der Waals surface area contributed by atoms with Gasteiger partial charge >= 0.3 is 11.9 Å². The zero-order chi connectivity index (χ0) is 19.4. The summed E-state index contributed by atoms with van der Waals surface area (Å²) in [5.74, 6) is -2.03. The molecule has 7 atom stereocenters. The summed E-state index contributed by atoms with van der Waals surface area (Å²) >= 11 is 0. The third-order valence-corrected chi connectivity index (χ3v) is 6.71. The maximum atomic E-state index is 12.5. The van der Waals surface area contributed by atoms with Crippen LogP contribution in [0.2, 0.25) is 0 Å². The van der Waals surface area contributed by atoms with Crippen LogP contribution in [0.4, 0.5) is 0 Å². The highest BCUT2D eigenvalue weighted by atomic mass is 16.6. The monoisotopic (exact) mass is 364 g/mol. The fourth-order valence-corrected chi connectivity index (χ4v) is 5.17. The number of carbonyl (C=O) groups is 2. The van der Waals surface area contributed by atoms with Gasteiger partial charge < -0.3 is 19.7 Å². The Bertz CT molecular complexity index is 678. The second kappa shape index (κ2) is 6.20. The van der Waals surface area contributed by atoms with Crippen LogP contribution in [0.3, 0.4) is 0 Å². The van der Waals surface area contributed by atoms with Crippen LogP contribution >= 0.6 is 0 Å². The Morgan fingerprint density at radius 2 is 2.08 bits per heavy atom. The van der Waals surface area contributed by atoms with E-state index < -0.39 is 53.1 Å². The number of esters is 2. The highest BCUT2D eigenvalue weighted by molar-refractivity contribution is 5.91. The zero-order valence-corrected chi connectivity index (χ0v) is 15.8. The number of rotatable bonds is 2. The van der Waals surface area contributed by atoms with Gasteiger partial charge in [0.05, 0.1) is 17.6 Å². The molecule has 0 unspecified atom stereocenters. The van der Waals surface area contributed by atoms with Crippen molar-refractivity contribution in [3.05, 3.63) is 23.8 Å². The van der Waals surface area contributed by atoms with Gasteiger partial charge in [-0.2, -0.15) is 0 Å². The highest BCUT2D eigenvalue weighted by Gasteiger charge is 2.66. The predicted octanol–water partition coefficient (Wildman–Crippen LogP) is 1.89. The van der Waals surface area contributed by atoms with E-state index in [1.165, 1.54) is 0 Å². The number of ether oxygens (including phenoxy) is 2. The fourth-order valence-electron chi connectivity index (χ4n) is 5.17. The molecule has 0 aromatic rings. The Morgan fingerprint density at radius 1 is 1.42 bits per heavy atom. The van der Waals surface area contributed by atoms with Gasteiger partial charge in [0.25, 0.3) is 0 Å². The van der Waals surface area contributed by atoms with Gasteiger partial charge in [-0.15, -0.1) is 0 Å². The largest absolute Gasteiger partial charge is 0.458 e. The van der Waals surface area contributed by atoms with Gasteiger partial charge in [-0.25, -0.2) is 9.59 Å². The van der Waals surface area contributed by atoms with Gasteiger partial charge in [-0.1, -0.05) is 19.6 Å². The summed E-state index contributed by atoms with van der Waals surface area (Å²) in [5, 5.41) is 21.9. The van der Waals surface area contributed by atoms with Gasteiger partial charge in [0.1, 0.15) is 12.2 Å². The molecular weight excluding hydrogens is 336 g/mol. The van der Waals surface area contributed by atoms with E-state index in [1.807, 2.05) is 6.92 Å². The van der Waals surface area contributed by atoms with Gasteiger partial charge in [0, 0.05) is 22.5 Å². The average molecular weight is 364 g/mol. The van der Waals surface area contributed by atoms with E-state index in [0.29, 0.717) is 24.8 Å². The van der Waals surface area contributed by atoms with Gasteiger partial charge in [-0.3, -0.25) is 0 Å². The smallest absolute Gasteiger partial charge is 0.334 e. The van der Waals surface area contributed by atoms with Crippen LogP contribution in [0.1, 0.15) is 47.0 Å². The molecule has 144 valence electrons. The molecule has 2 saturated carbocycles. The van der Waals surface area contributed by atoms with Gasteiger partial charge in [-0.05, 0) is 40.0 Å². The van der Waals surface area contributed by atoms with E-state index in [1.54, 1.807) is 26.8 Å². The summed E-state index contributed by atoms with van der Waals surface area (Å²) in [6.45, 7) is 10.8.